The van der Waals surface area contributed by atoms with Crippen LogP contribution in [0.15, 0.2) is 63.5 Å². The summed E-state index contributed by atoms with van der Waals surface area (Å²) in [5, 5.41) is 4.92. The van der Waals surface area contributed by atoms with Gasteiger partial charge in [-0.2, -0.15) is 0 Å². The Morgan fingerprint density at radius 1 is 1.12 bits per heavy atom. The summed E-state index contributed by atoms with van der Waals surface area (Å²) < 4.78 is 8.10. The van der Waals surface area contributed by atoms with Crippen molar-refractivity contribution in [3.63, 3.8) is 0 Å². The Kier molecular flexibility index (Phi) is 6.16. The van der Waals surface area contributed by atoms with Crippen LogP contribution in [0.2, 0.25) is 5.02 Å². The number of anilines is 1. The molecule has 164 valence electrons. The molecule has 7 nitrogen and oxygen atoms in total. The molecular weight excluding hydrogens is 450 g/mol. The molecule has 0 spiro atoms. The SMILES string of the molecule is COc1cccc(Cn2c(=O)c3sccc3n(CC(=O)Nc3c(C)cccc3Cl)c2=O)c1. The summed E-state index contributed by atoms with van der Waals surface area (Å²) in [6.45, 7) is 1.64. The average molecular weight is 470 g/mol. The van der Waals surface area contributed by atoms with Crippen molar-refractivity contribution in [1.82, 2.24) is 9.13 Å². The maximum atomic E-state index is 13.3. The molecule has 0 saturated carbocycles. The van der Waals surface area contributed by atoms with Crippen LogP contribution >= 0.6 is 22.9 Å². The number of aryl methyl sites for hydroxylation is 1. The van der Waals surface area contributed by atoms with E-state index in [4.69, 9.17) is 16.3 Å². The number of hydrogen-bond donors (Lipinski definition) is 1. The van der Waals surface area contributed by atoms with E-state index in [1.54, 1.807) is 48.9 Å². The number of nitrogens with zero attached hydrogens (tertiary/aromatic N) is 2. The summed E-state index contributed by atoms with van der Waals surface area (Å²) in [4.78, 5) is 39.1. The number of thiophene rings is 1. The topological polar surface area (TPSA) is 82.3 Å². The van der Waals surface area contributed by atoms with Crippen LogP contribution in [0.1, 0.15) is 11.1 Å². The third kappa shape index (κ3) is 4.19. The van der Waals surface area contributed by atoms with E-state index in [9.17, 15) is 14.4 Å². The van der Waals surface area contributed by atoms with Crippen molar-refractivity contribution in [2.45, 2.75) is 20.0 Å². The molecule has 0 fully saturated rings. The molecule has 4 rings (SSSR count). The Balaban J connectivity index is 1.73. The van der Waals surface area contributed by atoms with Gasteiger partial charge in [-0.3, -0.25) is 18.7 Å². The van der Waals surface area contributed by atoms with E-state index in [1.807, 2.05) is 19.1 Å². The average Bonchev–Trinajstić information content (AvgIpc) is 3.27. The maximum Gasteiger partial charge on any atom is 0.332 e. The summed E-state index contributed by atoms with van der Waals surface area (Å²) in [7, 11) is 1.55. The number of para-hydroxylation sites is 1. The lowest BCUT2D eigenvalue weighted by Crippen LogP contribution is -2.41. The highest BCUT2D eigenvalue weighted by Crippen LogP contribution is 2.25. The number of aromatic nitrogens is 2. The summed E-state index contributed by atoms with van der Waals surface area (Å²) >= 11 is 7.44. The van der Waals surface area contributed by atoms with Crippen molar-refractivity contribution in [2.75, 3.05) is 12.4 Å². The Morgan fingerprint density at radius 2 is 1.91 bits per heavy atom. The Morgan fingerprint density at radius 3 is 2.66 bits per heavy atom. The van der Waals surface area contributed by atoms with Gasteiger partial charge in [-0.05, 0) is 47.7 Å². The summed E-state index contributed by atoms with van der Waals surface area (Å²) in [6.07, 6.45) is 0. The lowest BCUT2D eigenvalue weighted by atomic mass is 10.2. The van der Waals surface area contributed by atoms with E-state index in [0.29, 0.717) is 26.7 Å². The number of benzene rings is 2. The fraction of sp³-hybridized carbons (Fsp3) is 0.174. The van der Waals surface area contributed by atoms with Crippen LogP contribution in [0.3, 0.4) is 0 Å². The van der Waals surface area contributed by atoms with Gasteiger partial charge in [0.25, 0.3) is 5.56 Å². The lowest BCUT2D eigenvalue weighted by molar-refractivity contribution is -0.116. The molecule has 0 bridgehead atoms. The van der Waals surface area contributed by atoms with Crippen molar-refractivity contribution < 1.29 is 9.53 Å². The van der Waals surface area contributed by atoms with Gasteiger partial charge < -0.3 is 10.1 Å². The van der Waals surface area contributed by atoms with Gasteiger partial charge in [0, 0.05) is 0 Å². The summed E-state index contributed by atoms with van der Waals surface area (Å²) in [5.41, 5.74) is 1.52. The first kappa shape index (κ1) is 21.9. The molecular formula is C23H20ClN3O4S. The van der Waals surface area contributed by atoms with Crippen molar-refractivity contribution in [3.05, 3.63) is 90.9 Å². The molecule has 0 aliphatic heterocycles. The highest BCUT2D eigenvalue weighted by atomic mass is 35.5. The van der Waals surface area contributed by atoms with Crippen molar-refractivity contribution >= 4 is 44.7 Å². The zero-order chi connectivity index (χ0) is 22.8. The number of halogens is 1. The van der Waals surface area contributed by atoms with Crippen LogP contribution in [-0.2, 0) is 17.9 Å². The number of carbonyl (C=O) groups excluding carboxylic acids is 1. The third-order valence-corrected chi connectivity index (χ3v) is 6.31. The first-order valence-corrected chi connectivity index (χ1v) is 11.0. The Labute approximate surface area is 192 Å². The largest absolute Gasteiger partial charge is 0.497 e. The van der Waals surface area contributed by atoms with Crippen LogP contribution in [0.4, 0.5) is 5.69 Å². The third-order valence-electron chi connectivity index (χ3n) is 5.10. The van der Waals surface area contributed by atoms with E-state index < -0.39 is 11.6 Å². The highest BCUT2D eigenvalue weighted by Gasteiger charge is 2.18. The molecule has 0 radical (unpaired) electrons. The van der Waals surface area contributed by atoms with Crippen molar-refractivity contribution in [2.24, 2.45) is 0 Å². The van der Waals surface area contributed by atoms with Gasteiger partial charge in [0.2, 0.25) is 5.91 Å². The van der Waals surface area contributed by atoms with Crippen molar-refractivity contribution in [3.8, 4) is 5.75 Å². The maximum absolute atomic E-state index is 13.3. The molecule has 0 aliphatic carbocycles. The van der Waals surface area contributed by atoms with Crippen LogP contribution in [0, 0.1) is 6.92 Å². The van der Waals surface area contributed by atoms with Gasteiger partial charge in [-0.25, -0.2) is 4.79 Å². The number of carbonyl (C=O) groups is 1. The number of methoxy groups -OCH3 is 1. The molecule has 2 aromatic heterocycles. The minimum atomic E-state index is -0.560. The van der Waals surface area contributed by atoms with E-state index in [2.05, 4.69) is 5.32 Å². The summed E-state index contributed by atoms with van der Waals surface area (Å²) in [6, 6.07) is 14.1. The number of nitrogens with one attached hydrogen (secondary N) is 1. The molecule has 2 heterocycles. The molecule has 9 heteroatoms. The predicted octanol–water partition coefficient (Wildman–Crippen LogP) is 3.88. The van der Waals surface area contributed by atoms with Gasteiger partial charge in [-0.15, -0.1) is 11.3 Å². The fourth-order valence-corrected chi connectivity index (χ4v) is 4.60. The quantitative estimate of drug-likeness (QED) is 0.464. The second-order valence-corrected chi connectivity index (χ2v) is 8.55. The molecule has 4 aromatic rings. The normalized spacial score (nSPS) is 11.0. The van der Waals surface area contributed by atoms with Crippen molar-refractivity contribution in [1.29, 1.82) is 0 Å². The molecule has 0 atom stereocenters. The number of ether oxygens (including phenoxy) is 1. The van der Waals surface area contributed by atoms with Crippen LogP contribution < -0.4 is 21.3 Å². The van der Waals surface area contributed by atoms with E-state index in [1.165, 1.54) is 15.9 Å². The molecule has 1 N–H and O–H groups in total. The number of hydrogen-bond acceptors (Lipinski definition) is 5. The second-order valence-electron chi connectivity index (χ2n) is 7.23. The van der Waals surface area contributed by atoms with Crippen LogP contribution in [0.25, 0.3) is 10.2 Å². The van der Waals surface area contributed by atoms with Gasteiger partial charge in [0.15, 0.2) is 0 Å². The predicted molar refractivity (Wildman–Crippen MR) is 127 cm³/mol. The lowest BCUT2D eigenvalue weighted by Gasteiger charge is -2.14. The number of rotatable bonds is 6. The highest BCUT2D eigenvalue weighted by molar-refractivity contribution is 7.17. The summed E-state index contributed by atoms with van der Waals surface area (Å²) in [5.74, 6) is 0.213. The molecule has 0 unspecified atom stereocenters. The fourth-order valence-electron chi connectivity index (χ4n) is 3.49. The first-order chi connectivity index (χ1) is 15.4. The molecule has 1 amide bonds. The molecule has 2 aromatic carbocycles. The minimum absolute atomic E-state index is 0.0634. The zero-order valence-electron chi connectivity index (χ0n) is 17.4. The zero-order valence-corrected chi connectivity index (χ0v) is 19.0. The van der Waals surface area contributed by atoms with Gasteiger partial charge in [-0.1, -0.05) is 35.9 Å². The molecule has 32 heavy (non-hydrogen) atoms. The van der Waals surface area contributed by atoms with Gasteiger partial charge >= 0.3 is 5.69 Å². The number of fused-ring (bicyclic) bond motifs is 1. The Bertz CT molecular complexity index is 1420. The second kappa shape index (κ2) is 9.02. The number of amides is 1. The van der Waals surface area contributed by atoms with Crippen LogP contribution in [-0.4, -0.2) is 22.2 Å². The van der Waals surface area contributed by atoms with E-state index in [0.717, 1.165) is 15.7 Å². The Hall–Kier alpha value is -3.36. The minimum Gasteiger partial charge on any atom is -0.497 e. The van der Waals surface area contributed by atoms with Gasteiger partial charge in [0.05, 0.1) is 29.9 Å². The standard InChI is InChI=1S/C23H20ClN3O4S/c1-14-5-3-8-17(24)20(14)25-19(28)13-26-18-9-10-32-21(18)22(29)27(23(26)30)12-15-6-4-7-16(11-15)31-2/h3-11H,12-13H2,1-2H3,(H,25,28). The van der Waals surface area contributed by atoms with E-state index >= 15 is 0 Å². The smallest absolute Gasteiger partial charge is 0.332 e. The monoisotopic (exact) mass is 469 g/mol. The molecule has 0 aliphatic rings. The first-order valence-electron chi connectivity index (χ1n) is 9.77. The van der Waals surface area contributed by atoms with Crippen LogP contribution in [0.5, 0.6) is 5.75 Å². The van der Waals surface area contributed by atoms with Gasteiger partial charge in [0.1, 0.15) is 17.0 Å². The molecule has 0 saturated heterocycles. The van der Waals surface area contributed by atoms with E-state index in [-0.39, 0.29) is 18.6 Å².